The Kier molecular flexibility index (Phi) is 9.06. The van der Waals surface area contributed by atoms with Crippen LogP contribution in [0.25, 0.3) is 11.1 Å². The van der Waals surface area contributed by atoms with Crippen LogP contribution in [0.4, 0.5) is 5.69 Å². The van der Waals surface area contributed by atoms with Gasteiger partial charge in [0.15, 0.2) is 5.78 Å². The van der Waals surface area contributed by atoms with Gasteiger partial charge < -0.3 is 15.2 Å². The molecule has 40 heavy (non-hydrogen) atoms. The molecule has 1 aromatic heterocycles. The van der Waals surface area contributed by atoms with E-state index >= 15 is 0 Å². The van der Waals surface area contributed by atoms with Crippen molar-refractivity contribution in [2.45, 2.75) is 19.4 Å². The summed E-state index contributed by atoms with van der Waals surface area (Å²) >= 11 is 8.39. The number of ether oxygens (including phenoxy) is 1. The van der Waals surface area contributed by atoms with E-state index in [2.05, 4.69) is 27.9 Å². The molecule has 10 heteroatoms. The molecule has 0 aliphatic carbocycles. The quantitative estimate of drug-likeness (QED) is 0.164. The van der Waals surface area contributed by atoms with Crippen molar-refractivity contribution in [1.82, 2.24) is 4.57 Å². The van der Waals surface area contributed by atoms with E-state index in [0.717, 1.165) is 9.13 Å². The van der Waals surface area contributed by atoms with Gasteiger partial charge in [-0.1, -0.05) is 29.8 Å². The van der Waals surface area contributed by atoms with Gasteiger partial charge in [-0.05, 0) is 89.2 Å². The van der Waals surface area contributed by atoms with Gasteiger partial charge in [-0.15, -0.1) is 0 Å². The molecule has 0 bridgehead atoms. The van der Waals surface area contributed by atoms with Gasteiger partial charge in [0.1, 0.15) is 11.8 Å². The predicted molar refractivity (Wildman–Crippen MR) is 162 cm³/mol. The van der Waals surface area contributed by atoms with Gasteiger partial charge in [0, 0.05) is 37.9 Å². The highest BCUT2D eigenvalue weighted by atomic mass is 127. The zero-order valence-electron chi connectivity index (χ0n) is 21.5. The number of carboxylic acid groups (broad SMARTS) is 1. The first-order valence-corrected chi connectivity index (χ1v) is 13.5. The van der Waals surface area contributed by atoms with E-state index in [1.54, 1.807) is 18.2 Å². The predicted octanol–water partition coefficient (Wildman–Crippen LogP) is 6.11. The van der Waals surface area contributed by atoms with Crippen LogP contribution in [-0.2, 0) is 11.2 Å². The van der Waals surface area contributed by atoms with Crippen LogP contribution >= 0.6 is 34.2 Å². The molecule has 2 N–H and O–H groups in total. The molecule has 0 aliphatic heterocycles. The van der Waals surface area contributed by atoms with Crippen LogP contribution in [0.5, 0.6) is 5.75 Å². The summed E-state index contributed by atoms with van der Waals surface area (Å²) in [4.78, 5) is 50.7. The number of carbonyl (C=O) groups excluding carboxylic acids is 2. The molecule has 4 rings (SSSR count). The number of carboxylic acids is 1. The number of nitrogens with zero attached hydrogens (tertiary/aromatic N) is 1. The highest BCUT2D eigenvalue weighted by molar-refractivity contribution is 14.1. The van der Waals surface area contributed by atoms with Crippen molar-refractivity contribution in [2.75, 3.05) is 12.4 Å². The topological polar surface area (TPSA) is 115 Å². The molecule has 0 spiro atoms. The van der Waals surface area contributed by atoms with E-state index in [4.69, 9.17) is 21.4 Å². The number of methoxy groups -OCH3 is 1. The minimum absolute atomic E-state index is 0.0795. The van der Waals surface area contributed by atoms with Gasteiger partial charge in [-0.2, -0.15) is 0 Å². The lowest BCUT2D eigenvalue weighted by Gasteiger charge is -2.22. The number of aromatic carboxylic acids is 1. The van der Waals surface area contributed by atoms with Gasteiger partial charge in [0.05, 0.1) is 18.9 Å². The fraction of sp³-hybridized carbons (Fsp3) is 0.133. The lowest BCUT2D eigenvalue weighted by atomic mass is 9.97. The van der Waals surface area contributed by atoms with Gasteiger partial charge in [0.25, 0.3) is 5.56 Å². The van der Waals surface area contributed by atoms with Crippen LogP contribution in [0.3, 0.4) is 0 Å². The number of pyridine rings is 1. The number of nitrogens with one attached hydrogen (secondary N) is 1. The van der Waals surface area contributed by atoms with Crippen LogP contribution < -0.4 is 15.6 Å². The summed E-state index contributed by atoms with van der Waals surface area (Å²) in [7, 11) is 1.44. The Bertz CT molecular complexity index is 1670. The molecule has 0 saturated carbocycles. The molecule has 3 aromatic carbocycles. The second kappa shape index (κ2) is 12.5. The standard InChI is InChI=1S/C30H24ClIN2O6/c1-17(35)22-12-9-20(31)14-23(22)24-15-28(36)34(16-27(24)40-2)26(13-19-5-3-4-6-25(19)32)29(37)33-21-10-7-18(8-11-21)30(38)39/h3-12,14-16,26H,13H2,1-2H3,(H,33,37)(H,38,39). The number of Topliss-reactive ketones (excluding diaryl/α,β-unsaturated/α-hetero) is 1. The zero-order valence-corrected chi connectivity index (χ0v) is 24.4. The average molecular weight is 671 g/mol. The van der Waals surface area contributed by atoms with Gasteiger partial charge in [-0.25, -0.2) is 4.79 Å². The number of amides is 1. The molecule has 0 fully saturated rings. The van der Waals surface area contributed by atoms with Crippen molar-refractivity contribution in [3.8, 4) is 16.9 Å². The number of ketones is 1. The zero-order chi connectivity index (χ0) is 29.0. The Morgan fingerprint density at radius 2 is 1.73 bits per heavy atom. The summed E-state index contributed by atoms with van der Waals surface area (Å²) in [6.07, 6.45) is 1.65. The van der Waals surface area contributed by atoms with E-state index in [9.17, 15) is 19.2 Å². The highest BCUT2D eigenvalue weighted by Crippen LogP contribution is 2.34. The summed E-state index contributed by atoms with van der Waals surface area (Å²) in [5.41, 5.74) is 2.01. The number of carbonyl (C=O) groups is 3. The third kappa shape index (κ3) is 6.43. The summed E-state index contributed by atoms with van der Waals surface area (Å²) in [6.45, 7) is 1.42. The fourth-order valence-corrected chi connectivity index (χ4v) is 5.08. The summed E-state index contributed by atoms with van der Waals surface area (Å²) in [5, 5.41) is 12.3. The average Bonchev–Trinajstić information content (AvgIpc) is 2.92. The van der Waals surface area contributed by atoms with E-state index in [-0.39, 0.29) is 23.5 Å². The minimum Gasteiger partial charge on any atom is -0.495 e. The first-order valence-electron chi connectivity index (χ1n) is 12.1. The van der Waals surface area contributed by atoms with Crippen molar-refractivity contribution in [2.24, 2.45) is 0 Å². The molecule has 1 unspecified atom stereocenters. The second-order valence-corrected chi connectivity index (χ2v) is 10.5. The Morgan fingerprint density at radius 1 is 1.02 bits per heavy atom. The third-order valence-electron chi connectivity index (χ3n) is 6.32. The van der Waals surface area contributed by atoms with E-state index in [1.165, 1.54) is 55.1 Å². The van der Waals surface area contributed by atoms with Crippen LogP contribution in [0.1, 0.15) is 39.2 Å². The van der Waals surface area contributed by atoms with Crippen LogP contribution in [0, 0.1) is 3.57 Å². The summed E-state index contributed by atoms with van der Waals surface area (Å²) in [6, 6.07) is 18.4. The Hall–Kier alpha value is -3.96. The Balaban J connectivity index is 1.81. The molecule has 0 radical (unpaired) electrons. The Labute approximate surface area is 248 Å². The van der Waals surface area contributed by atoms with Gasteiger partial charge in [0.2, 0.25) is 5.91 Å². The van der Waals surface area contributed by atoms with Gasteiger partial charge in [-0.3, -0.25) is 19.0 Å². The van der Waals surface area contributed by atoms with Crippen molar-refractivity contribution in [3.05, 3.63) is 115 Å². The number of hydrogen-bond donors (Lipinski definition) is 2. The Morgan fingerprint density at radius 3 is 2.35 bits per heavy atom. The largest absolute Gasteiger partial charge is 0.495 e. The van der Waals surface area contributed by atoms with E-state index in [0.29, 0.717) is 27.4 Å². The SMILES string of the molecule is COc1cn(C(Cc2ccccc2I)C(=O)Nc2ccc(C(=O)O)cc2)c(=O)cc1-c1cc(Cl)ccc1C(C)=O. The molecule has 1 amide bonds. The van der Waals surface area contributed by atoms with E-state index in [1.807, 2.05) is 24.3 Å². The molecular weight excluding hydrogens is 647 g/mol. The first kappa shape index (κ1) is 29.0. The van der Waals surface area contributed by atoms with Crippen molar-refractivity contribution >= 4 is 57.5 Å². The molecule has 1 atom stereocenters. The number of aromatic nitrogens is 1. The molecule has 4 aromatic rings. The number of rotatable bonds is 9. The smallest absolute Gasteiger partial charge is 0.335 e. The highest BCUT2D eigenvalue weighted by Gasteiger charge is 2.26. The monoisotopic (exact) mass is 670 g/mol. The fourth-order valence-electron chi connectivity index (χ4n) is 4.30. The van der Waals surface area contributed by atoms with Gasteiger partial charge >= 0.3 is 5.97 Å². The number of hydrogen-bond acceptors (Lipinski definition) is 5. The first-order chi connectivity index (χ1) is 19.1. The van der Waals surface area contributed by atoms with Crippen molar-refractivity contribution < 1.29 is 24.2 Å². The molecule has 1 heterocycles. The third-order valence-corrected chi connectivity index (χ3v) is 7.61. The summed E-state index contributed by atoms with van der Waals surface area (Å²) < 4.78 is 7.84. The number of halogens is 2. The lowest BCUT2D eigenvalue weighted by Crippen LogP contribution is -2.34. The van der Waals surface area contributed by atoms with Crippen molar-refractivity contribution in [1.29, 1.82) is 0 Å². The number of anilines is 1. The van der Waals surface area contributed by atoms with Crippen LogP contribution in [0.15, 0.2) is 83.8 Å². The minimum atomic E-state index is -1.08. The lowest BCUT2D eigenvalue weighted by molar-refractivity contribution is -0.119. The molecule has 204 valence electrons. The summed E-state index contributed by atoms with van der Waals surface area (Å²) in [5.74, 6) is -1.49. The maximum Gasteiger partial charge on any atom is 0.335 e. The van der Waals surface area contributed by atoms with Crippen molar-refractivity contribution in [3.63, 3.8) is 0 Å². The van der Waals surface area contributed by atoms with E-state index < -0.39 is 23.5 Å². The molecule has 0 saturated heterocycles. The maximum atomic E-state index is 13.6. The second-order valence-electron chi connectivity index (χ2n) is 8.93. The van der Waals surface area contributed by atoms with Crippen LogP contribution in [-0.4, -0.2) is 34.4 Å². The number of benzene rings is 3. The molecule has 8 nitrogen and oxygen atoms in total. The molecule has 0 aliphatic rings. The maximum absolute atomic E-state index is 13.6. The molecular formula is C30H24ClIN2O6. The van der Waals surface area contributed by atoms with Crippen LogP contribution in [0.2, 0.25) is 5.02 Å². The normalized spacial score (nSPS) is 11.5.